The second-order valence-electron chi connectivity index (χ2n) is 4.42. The summed E-state index contributed by atoms with van der Waals surface area (Å²) in [5, 5.41) is 3.86. The first-order valence-corrected chi connectivity index (χ1v) is 7.28. The molecule has 0 radical (unpaired) electrons. The van der Waals surface area contributed by atoms with Crippen molar-refractivity contribution in [2.24, 2.45) is 0 Å². The maximum Gasteiger partial charge on any atom is 0.151 e. The fourth-order valence-electron chi connectivity index (χ4n) is 1.65. The van der Waals surface area contributed by atoms with Crippen LogP contribution in [0.2, 0.25) is 5.15 Å². The maximum atomic E-state index is 6.08. The van der Waals surface area contributed by atoms with Crippen LogP contribution >= 0.6 is 11.6 Å². The second-order valence-corrected chi connectivity index (χ2v) is 4.78. The fourth-order valence-corrected chi connectivity index (χ4v) is 1.86. The molecule has 0 unspecified atom stereocenters. The Balaban J connectivity index is 2.18. The van der Waals surface area contributed by atoms with Gasteiger partial charge in [0.25, 0.3) is 0 Å². The van der Waals surface area contributed by atoms with E-state index in [1.807, 2.05) is 6.08 Å². The number of nitrogens with zero attached hydrogens (tertiary/aromatic N) is 1. The Kier molecular flexibility index (Phi) is 8.54. The summed E-state index contributed by atoms with van der Waals surface area (Å²) in [6.07, 6.45) is 6.01. The first-order chi connectivity index (χ1) is 9.27. The molecule has 4 nitrogen and oxygen atoms in total. The number of ether oxygens (including phenoxy) is 1. The van der Waals surface area contributed by atoms with Crippen molar-refractivity contribution in [1.82, 2.24) is 15.3 Å². The van der Waals surface area contributed by atoms with Gasteiger partial charge in [-0.3, -0.25) is 0 Å². The Labute approximate surface area is 120 Å². The molecule has 1 rings (SSSR count). The number of nitrogens with one attached hydrogen (secondary N) is 2. The molecule has 19 heavy (non-hydrogen) atoms. The lowest BCUT2D eigenvalue weighted by atomic mass is 10.2. The minimum Gasteiger partial charge on any atom is -0.380 e. The van der Waals surface area contributed by atoms with Gasteiger partial charge in [-0.25, -0.2) is 4.98 Å². The molecule has 0 aliphatic carbocycles. The van der Waals surface area contributed by atoms with Crippen molar-refractivity contribution < 1.29 is 4.74 Å². The number of unbranched alkanes of at least 4 members (excludes halogenated alkanes) is 1. The lowest BCUT2D eigenvalue weighted by molar-refractivity contribution is 0.140. The van der Waals surface area contributed by atoms with Gasteiger partial charge in [-0.2, -0.15) is 0 Å². The van der Waals surface area contributed by atoms with E-state index in [0.717, 1.165) is 50.4 Å². The van der Waals surface area contributed by atoms with Crippen LogP contribution in [0, 0.1) is 0 Å². The number of halogens is 1. The molecule has 0 atom stereocenters. The topological polar surface area (TPSA) is 49.9 Å². The highest BCUT2D eigenvalue weighted by atomic mass is 35.5. The van der Waals surface area contributed by atoms with Gasteiger partial charge in [0.05, 0.1) is 18.9 Å². The number of hydrogen-bond donors (Lipinski definition) is 2. The smallest absolute Gasteiger partial charge is 0.151 e. The molecule has 0 bridgehead atoms. The largest absolute Gasteiger partial charge is 0.380 e. The van der Waals surface area contributed by atoms with E-state index in [1.54, 1.807) is 0 Å². The Morgan fingerprint density at radius 2 is 2.32 bits per heavy atom. The summed E-state index contributed by atoms with van der Waals surface area (Å²) < 4.78 is 5.41. The van der Waals surface area contributed by atoms with E-state index in [9.17, 15) is 0 Å². The van der Waals surface area contributed by atoms with Gasteiger partial charge >= 0.3 is 0 Å². The summed E-state index contributed by atoms with van der Waals surface area (Å²) in [5.74, 6) is 0.978. The van der Waals surface area contributed by atoms with Crippen molar-refractivity contribution in [2.75, 3.05) is 19.8 Å². The average Bonchev–Trinajstić information content (AvgIpc) is 2.76. The van der Waals surface area contributed by atoms with Gasteiger partial charge in [-0.05, 0) is 12.8 Å². The number of H-pyrrole nitrogens is 1. The predicted octanol–water partition coefficient (Wildman–Crippen LogP) is 3.09. The zero-order valence-corrected chi connectivity index (χ0v) is 12.4. The molecule has 0 aliphatic rings. The number of aryl methyl sites for hydroxylation is 1. The number of hydrogen-bond acceptors (Lipinski definition) is 3. The van der Waals surface area contributed by atoms with Crippen LogP contribution in [0.15, 0.2) is 12.7 Å². The van der Waals surface area contributed by atoms with E-state index in [2.05, 4.69) is 28.8 Å². The van der Waals surface area contributed by atoms with Crippen molar-refractivity contribution in [1.29, 1.82) is 0 Å². The number of rotatable bonds is 11. The zero-order chi connectivity index (χ0) is 13.9. The van der Waals surface area contributed by atoms with Crippen LogP contribution in [0.25, 0.3) is 0 Å². The normalized spacial score (nSPS) is 10.8. The van der Waals surface area contributed by atoms with E-state index >= 15 is 0 Å². The molecule has 0 aliphatic heterocycles. The molecular formula is C14H24ClN3O. The first-order valence-electron chi connectivity index (χ1n) is 6.90. The van der Waals surface area contributed by atoms with Crippen molar-refractivity contribution in [3.8, 4) is 0 Å². The molecule has 1 aromatic heterocycles. The maximum absolute atomic E-state index is 6.08. The zero-order valence-electron chi connectivity index (χ0n) is 11.7. The van der Waals surface area contributed by atoms with E-state index in [-0.39, 0.29) is 0 Å². The Morgan fingerprint density at radius 3 is 3.05 bits per heavy atom. The van der Waals surface area contributed by atoms with Gasteiger partial charge in [0, 0.05) is 19.5 Å². The lowest BCUT2D eigenvalue weighted by Crippen LogP contribution is -2.19. The van der Waals surface area contributed by atoms with E-state index in [4.69, 9.17) is 16.3 Å². The molecule has 0 amide bonds. The highest BCUT2D eigenvalue weighted by Crippen LogP contribution is 2.13. The SMILES string of the molecule is C=CCCOCCNCc1[nH]c(CCCC)nc1Cl. The van der Waals surface area contributed by atoms with Crippen LogP contribution < -0.4 is 5.32 Å². The summed E-state index contributed by atoms with van der Waals surface area (Å²) in [7, 11) is 0. The summed E-state index contributed by atoms with van der Waals surface area (Å²) in [4.78, 5) is 7.58. The summed E-state index contributed by atoms with van der Waals surface area (Å²) in [6, 6.07) is 0. The molecule has 0 saturated carbocycles. The quantitative estimate of drug-likeness (QED) is 0.485. The Hall–Kier alpha value is -0.840. The van der Waals surface area contributed by atoms with Gasteiger partial charge < -0.3 is 15.0 Å². The average molecular weight is 286 g/mol. The molecule has 2 N–H and O–H groups in total. The van der Waals surface area contributed by atoms with Crippen molar-refractivity contribution >= 4 is 11.6 Å². The lowest BCUT2D eigenvalue weighted by Gasteiger charge is -2.04. The number of aromatic amines is 1. The van der Waals surface area contributed by atoms with Crippen molar-refractivity contribution in [2.45, 2.75) is 39.2 Å². The third-order valence-corrected chi connectivity index (χ3v) is 3.05. The molecule has 1 heterocycles. The predicted molar refractivity (Wildman–Crippen MR) is 79.5 cm³/mol. The van der Waals surface area contributed by atoms with E-state index < -0.39 is 0 Å². The van der Waals surface area contributed by atoms with Crippen LogP contribution in [0.4, 0.5) is 0 Å². The first kappa shape index (κ1) is 16.2. The third kappa shape index (κ3) is 6.76. The van der Waals surface area contributed by atoms with Gasteiger partial charge in [0.2, 0.25) is 0 Å². The molecule has 0 spiro atoms. The minimum atomic E-state index is 0.575. The molecule has 1 aromatic rings. The molecule has 0 saturated heterocycles. The van der Waals surface area contributed by atoms with Crippen LogP contribution in [0.3, 0.4) is 0 Å². The fraction of sp³-hybridized carbons (Fsp3) is 0.643. The Morgan fingerprint density at radius 1 is 1.47 bits per heavy atom. The summed E-state index contributed by atoms with van der Waals surface area (Å²) in [5.41, 5.74) is 0.957. The minimum absolute atomic E-state index is 0.575. The van der Waals surface area contributed by atoms with Crippen LogP contribution in [-0.2, 0) is 17.7 Å². The van der Waals surface area contributed by atoms with Gasteiger partial charge in [-0.15, -0.1) is 6.58 Å². The van der Waals surface area contributed by atoms with Crippen LogP contribution in [0.1, 0.15) is 37.7 Å². The highest BCUT2D eigenvalue weighted by molar-refractivity contribution is 6.30. The van der Waals surface area contributed by atoms with E-state index in [1.165, 1.54) is 0 Å². The third-order valence-electron chi connectivity index (χ3n) is 2.74. The van der Waals surface area contributed by atoms with Gasteiger partial charge in [0.15, 0.2) is 5.15 Å². The molecule has 0 aromatic carbocycles. The van der Waals surface area contributed by atoms with Gasteiger partial charge in [-0.1, -0.05) is 31.0 Å². The monoisotopic (exact) mass is 285 g/mol. The molecule has 108 valence electrons. The molecule has 0 fully saturated rings. The highest BCUT2D eigenvalue weighted by Gasteiger charge is 2.07. The standard InChI is InChI=1S/C14H24ClN3O/c1-3-5-7-13-17-12(14(15)18-13)11-16-8-10-19-9-6-4-2/h4,16H,2-3,5-11H2,1H3,(H,17,18). The molecule has 5 heteroatoms. The number of aromatic nitrogens is 2. The van der Waals surface area contributed by atoms with E-state index in [0.29, 0.717) is 18.3 Å². The molecular weight excluding hydrogens is 262 g/mol. The number of imidazole rings is 1. The van der Waals surface area contributed by atoms with Crippen molar-refractivity contribution in [3.05, 3.63) is 29.3 Å². The van der Waals surface area contributed by atoms with Crippen LogP contribution in [-0.4, -0.2) is 29.7 Å². The Bertz CT molecular complexity index is 366. The van der Waals surface area contributed by atoms with Crippen LogP contribution in [0.5, 0.6) is 0 Å². The van der Waals surface area contributed by atoms with Gasteiger partial charge in [0.1, 0.15) is 5.82 Å². The second kappa shape index (κ2) is 10.0. The van der Waals surface area contributed by atoms with Crippen molar-refractivity contribution in [3.63, 3.8) is 0 Å². The summed E-state index contributed by atoms with van der Waals surface area (Å²) >= 11 is 6.08. The summed E-state index contributed by atoms with van der Waals surface area (Å²) in [6.45, 7) is 8.74.